The van der Waals surface area contributed by atoms with Gasteiger partial charge in [-0.1, -0.05) is 47.1 Å². The van der Waals surface area contributed by atoms with Crippen LogP contribution in [0, 0.1) is 6.92 Å². The molecule has 0 saturated carbocycles. The van der Waals surface area contributed by atoms with E-state index in [1.54, 1.807) is 36.6 Å². The summed E-state index contributed by atoms with van der Waals surface area (Å²) in [4.78, 5) is 12.4. The summed E-state index contributed by atoms with van der Waals surface area (Å²) in [5.41, 5.74) is 2.70. The lowest BCUT2D eigenvalue weighted by atomic mass is 10.2. The van der Waals surface area contributed by atoms with Gasteiger partial charge in [-0.05, 0) is 49.4 Å². The van der Waals surface area contributed by atoms with Gasteiger partial charge in [0.25, 0.3) is 0 Å². The maximum atomic E-state index is 12.4. The Morgan fingerprint density at radius 1 is 1.14 bits per heavy atom. The summed E-state index contributed by atoms with van der Waals surface area (Å²) in [5, 5.41) is 12.6. The number of rotatable bonds is 6. The Kier molecular flexibility index (Phi) is 5.69. The Morgan fingerprint density at radius 2 is 1.97 bits per heavy atom. The number of amides is 1. The van der Waals surface area contributed by atoms with E-state index in [-0.39, 0.29) is 11.7 Å². The van der Waals surface area contributed by atoms with Crippen LogP contribution in [0.25, 0.3) is 17.3 Å². The lowest BCUT2D eigenvalue weighted by molar-refractivity contribution is -0.113. The molecule has 0 saturated heterocycles. The van der Waals surface area contributed by atoms with E-state index in [1.807, 2.05) is 41.8 Å². The van der Waals surface area contributed by atoms with Crippen molar-refractivity contribution in [3.8, 4) is 17.3 Å². The number of hydrogen-bond acceptors (Lipinski definition) is 5. The van der Waals surface area contributed by atoms with Crippen molar-refractivity contribution in [3.63, 3.8) is 0 Å². The van der Waals surface area contributed by atoms with Crippen LogP contribution in [0.3, 0.4) is 0 Å². The summed E-state index contributed by atoms with van der Waals surface area (Å²) < 4.78 is 7.39. The van der Waals surface area contributed by atoms with Gasteiger partial charge in [-0.25, -0.2) is 0 Å². The SMILES string of the molecule is Cc1ccc(-n2c(SCC(=O)Nc3cccc(Cl)c3)nnc2-c2ccco2)cc1. The maximum absolute atomic E-state index is 12.4. The number of thioether (sulfide) groups is 1. The molecule has 0 fully saturated rings. The van der Waals surface area contributed by atoms with Crippen LogP contribution >= 0.6 is 23.4 Å². The van der Waals surface area contributed by atoms with Gasteiger partial charge in [0.15, 0.2) is 10.9 Å². The monoisotopic (exact) mass is 424 g/mol. The summed E-state index contributed by atoms with van der Waals surface area (Å²) in [6.45, 7) is 2.03. The minimum atomic E-state index is -0.157. The molecule has 0 bridgehead atoms. The van der Waals surface area contributed by atoms with Gasteiger partial charge in [0.05, 0.1) is 12.0 Å². The highest BCUT2D eigenvalue weighted by Crippen LogP contribution is 2.28. The second-order valence-electron chi connectivity index (χ2n) is 6.30. The number of furan rings is 1. The number of nitrogens with zero attached hydrogens (tertiary/aromatic N) is 3. The van der Waals surface area contributed by atoms with Crippen molar-refractivity contribution in [2.75, 3.05) is 11.1 Å². The highest BCUT2D eigenvalue weighted by Gasteiger charge is 2.19. The number of anilines is 1. The fourth-order valence-corrected chi connectivity index (χ4v) is 3.69. The summed E-state index contributed by atoms with van der Waals surface area (Å²) in [5.74, 6) is 1.20. The number of hydrogen-bond donors (Lipinski definition) is 1. The van der Waals surface area contributed by atoms with Crippen molar-refractivity contribution in [1.29, 1.82) is 0 Å². The molecule has 0 aliphatic carbocycles. The lowest BCUT2D eigenvalue weighted by Gasteiger charge is -2.10. The number of carbonyl (C=O) groups excluding carboxylic acids is 1. The molecule has 0 spiro atoms. The van der Waals surface area contributed by atoms with Crippen molar-refractivity contribution in [2.45, 2.75) is 12.1 Å². The van der Waals surface area contributed by atoms with Crippen LogP contribution in [0.4, 0.5) is 5.69 Å². The van der Waals surface area contributed by atoms with Crippen molar-refractivity contribution in [2.24, 2.45) is 0 Å². The van der Waals surface area contributed by atoms with Gasteiger partial charge in [-0.3, -0.25) is 9.36 Å². The van der Waals surface area contributed by atoms with Crippen molar-refractivity contribution in [1.82, 2.24) is 14.8 Å². The molecular weight excluding hydrogens is 408 g/mol. The van der Waals surface area contributed by atoms with E-state index in [0.717, 1.165) is 11.3 Å². The Balaban J connectivity index is 1.57. The zero-order valence-electron chi connectivity index (χ0n) is 15.5. The molecule has 1 N–H and O–H groups in total. The molecule has 0 aliphatic heterocycles. The van der Waals surface area contributed by atoms with E-state index >= 15 is 0 Å². The summed E-state index contributed by atoms with van der Waals surface area (Å²) >= 11 is 7.26. The first-order valence-corrected chi connectivity index (χ1v) is 10.2. The largest absolute Gasteiger partial charge is 0.461 e. The highest BCUT2D eigenvalue weighted by atomic mass is 35.5. The van der Waals surface area contributed by atoms with Crippen LogP contribution in [0.2, 0.25) is 5.02 Å². The fraction of sp³-hybridized carbons (Fsp3) is 0.0952. The van der Waals surface area contributed by atoms with Crippen LogP contribution in [-0.4, -0.2) is 26.4 Å². The molecule has 0 atom stereocenters. The molecule has 0 radical (unpaired) electrons. The molecule has 2 aromatic carbocycles. The second kappa shape index (κ2) is 8.55. The normalized spacial score (nSPS) is 10.8. The molecule has 0 unspecified atom stereocenters. The van der Waals surface area contributed by atoms with Crippen molar-refractivity contribution >= 4 is 35.0 Å². The third kappa shape index (κ3) is 4.52. The third-order valence-electron chi connectivity index (χ3n) is 4.11. The van der Waals surface area contributed by atoms with Crippen molar-refractivity contribution in [3.05, 3.63) is 77.5 Å². The molecular formula is C21H17ClN4O2S. The molecule has 1 amide bonds. The van der Waals surface area contributed by atoms with Gasteiger partial charge in [0.1, 0.15) is 0 Å². The topological polar surface area (TPSA) is 73.0 Å². The van der Waals surface area contributed by atoms with Gasteiger partial charge < -0.3 is 9.73 Å². The molecule has 4 rings (SSSR count). The van der Waals surface area contributed by atoms with E-state index in [2.05, 4.69) is 15.5 Å². The first kappa shape index (κ1) is 19.3. The Morgan fingerprint density at radius 3 is 2.69 bits per heavy atom. The standard InChI is InChI=1S/C21H17ClN4O2S/c1-14-7-9-17(10-8-14)26-20(18-6-3-11-28-18)24-25-21(26)29-13-19(27)23-16-5-2-4-15(22)12-16/h2-12H,13H2,1H3,(H,23,27). The van der Waals surface area contributed by atoms with Crippen LogP contribution in [-0.2, 0) is 4.79 Å². The minimum absolute atomic E-state index is 0.157. The molecule has 6 nitrogen and oxygen atoms in total. The smallest absolute Gasteiger partial charge is 0.234 e. The number of carbonyl (C=O) groups is 1. The first-order chi connectivity index (χ1) is 14.1. The number of aryl methyl sites for hydroxylation is 1. The number of aromatic nitrogens is 3. The van der Waals surface area contributed by atoms with Crippen LogP contribution in [0.5, 0.6) is 0 Å². The van der Waals surface area contributed by atoms with Crippen molar-refractivity contribution < 1.29 is 9.21 Å². The molecule has 0 aliphatic rings. The Labute approximate surface area is 176 Å². The average Bonchev–Trinajstić information content (AvgIpc) is 3.37. The fourth-order valence-electron chi connectivity index (χ4n) is 2.75. The predicted molar refractivity (Wildman–Crippen MR) is 115 cm³/mol. The second-order valence-corrected chi connectivity index (χ2v) is 7.68. The molecule has 2 heterocycles. The van der Waals surface area contributed by atoms with Gasteiger partial charge in [0.2, 0.25) is 11.7 Å². The lowest BCUT2D eigenvalue weighted by Crippen LogP contribution is -2.14. The summed E-state index contributed by atoms with van der Waals surface area (Å²) in [6.07, 6.45) is 1.59. The molecule has 29 heavy (non-hydrogen) atoms. The molecule has 146 valence electrons. The van der Waals surface area contributed by atoms with Gasteiger partial charge >= 0.3 is 0 Å². The minimum Gasteiger partial charge on any atom is -0.461 e. The molecule has 8 heteroatoms. The average molecular weight is 425 g/mol. The highest BCUT2D eigenvalue weighted by molar-refractivity contribution is 7.99. The van der Waals surface area contributed by atoms with Gasteiger partial charge in [0, 0.05) is 16.4 Å². The predicted octanol–water partition coefficient (Wildman–Crippen LogP) is 5.22. The summed E-state index contributed by atoms with van der Waals surface area (Å²) in [6, 6.07) is 18.7. The zero-order valence-corrected chi connectivity index (χ0v) is 17.1. The van der Waals surface area contributed by atoms with Crippen LogP contribution < -0.4 is 5.32 Å². The maximum Gasteiger partial charge on any atom is 0.234 e. The van der Waals surface area contributed by atoms with E-state index in [9.17, 15) is 4.79 Å². The van der Waals surface area contributed by atoms with Crippen LogP contribution in [0.15, 0.2) is 76.5 Å². The number of benzene rings is 2. The quantitative estimate of drug-likeness (QED) is 0.429. The van der Waals surface area contributed by atoms with E-state index in [4.69, 9.17) is 16.0 Å². The van der Waals surface area contributed by atoms with E-state index in [1.165, 1.54) is 11.8 Å². The first-order valence-electron chi connectivity index (χ1n) is 8.85. The number of halogens is 1. The molecule has 2 aromatic heterocycles. The van der Waals surface area contributed by atoms with E-state index in [0.29, 0.717) is 27.5 Å². The third-order valence-corrected chi connectivity index (χ3v) is 5.27. The Hall–Kier alpha value is -3.03. The van der Waals surface area contributed by atoms with Gasteiger partial charge in [-0.15, -0.1) is 10.2 Å². The van der Waals surface area contributed by atoms with E-state index < -0.39 is 0 Å². The van der Waals surface area contributed by atoms with Gasteiger partial charge in [-0.2, -0.15) is 0 Å². The Bertz CT molecular complexity index is 1120. The molecule has 4 aromatic rings. The zero-order chi connectivity index (χ0) is 20.2. The van der Waals surface area contributed by atoms with Crippen LogP contribution in [0.1, 0.15) is 5.56 Å². The summed E-state index contributed by atoms with van der Waals surface area (Å²) in [7, 11) is 0. The number of nitrogens with one attached hydrogen (secondary N) is 1.